The van der Waals surface area contributed by atoms with Gasteiger partial charge in [0.15, 0.2) is 9.84 Å². The van der Waals surface area contributed by atoms with Crippen LogP contribution in [0.1, 0.15) is 11.1 Å². The van der Waals surface area contributed by atoms with Crippen molar-refractivity contribution in [2.45, 2.75) is 18.3 Å². The van der Waals surface area contributed by atoms with E-state index < -0.39 is 45.0 Å². The molecule has 1 fully saturated rings. The van der Waals surface area contributed by atoms with Gasteiger partial charge in [-0.2, -0.15) is 18.4 Å². The van der Waals surface area contributed by atoms with Crippen molar-refractivity contribution in [3.05, 3.63) is 29.3 Å². The number of nitriles is 1. The Morgan fingerprint density at radius 2 is 2.00 bits per heavy atom. The van der Waals surface area contributed by atoms with Crippen molar-refractivity contribution in [2.24, 2.45) is 0 Å². The lowest BCUT2D eigenvalue weighted by Crippen LogP contribution is -2.32. The van der Waals surface area contributed by atoms with E-state index in [0.717, 1.165) is 12.1 Å². The van der Waals surface area contributed by atoms with Crippen LogP contribution in [0, 0.1) is 11.3 Å². The van der Waals surface area contributed by atoms with E-state index >= 15 is 0 Å². The van der Waals surface area contributed by atoms with E-state index in [1.54, 1.807) is 0 Å². The molecule has 2 rings (SSSR count). The van der Waals surface area contributed by atoms with Crippen molar-refractivity contribution < 1.29 is 26.7 Å². The largest absolute Gasteiger partial charge is 0.417 e. The van der Waals surface area contributed by atoms with E-state index in [0.29, 0.717) is 0 Å². The molecule has 5 nitrogen and oxygen atoms in total. The zero-order chi connectivity index (χ0) is 15.8. The number of aliphatic hydroxyl groups is 1. The molecule has 0 amide bonds. The highest BCUT2D eigenvalue weighted by atomic mass is 32.2. The van der Waals surface area contributed by atoms with Crippen LogP contribution in [-0.4, -0.2) is 37.2 Å². The molecule has 1 aliphatic rings. The first-order chi connectivity index (χ1) is 9.62. The van der Waals surface area contributed by atoms with E-state index in [4.69, 9.17) is 5.26 Å². The second kappa shape index (κ2) is 5.20. The van der Waals surface area contributed by atoms with E-state index in [-0.39, 0.29) is 11.4 Å². The van der Waals surface area contributed by atoms with E-state index in [1.165, 1.54) is 12.1 Å². The van der Waals surface area contributed by atoms with Crippen molar-refractivity contribution in [1.82, 2.24) is 0 Å². The maximum absolute atomic E-state index is 12.8. The number of sulfone groups is 1. The van der Waals surface area contributed by atoms with Crippen LogP contribution in [0.5, 0.6) is 0 Å². The van der Waals surface area contributed by atoms with Crippen LogP contribution >= 0.6 is 0 Å². The highest BCUT2D eigenvalue weighted by Gasteiger charge is 2.37. The summed E-state index contributed by atoms with van der Waals surface area (Å²) < 4.78 is 61.1. The number of hydrogen-bond donors (Lipinski definition) is 2. The molecule has 1 aromatic rings. The SMILES string of the molecule is N#Cc1ccc(NC2CS(=O)(=O)CC2O)cc1C(F)(F)F. The zero-order valence-electron chi connectivity index (χ0n) is 10.6. The van der Waals surface area contributed by atoms with Gasteiger partial charge in [-0.15, -0.1) is 0 Å². The van der Waals surface area contributed by atoms with Gasteiger partial charge in [-0.1, -0.05) is 0 Å². The quantitative estimate of drug-likeness (QED) is 0.853. The summed E-state index contributed by atoms with van der Waals surface area (Å²) in [5, 5.41) is 20.8. The molecular weight excluding hydrogens is 309 g/mol. The number of hydrogen-bond acceptors (Lipinski definition) is 5. The molecule has 1 aromatic carbocycles. The Labute approximate surface area is 118 Å². The van der Waals surface area contributed by atoms with Crippen LogP contribution < -0.4 is 5.32 Å². The standard InChI is InChI=1S/C12H11F3N2O3S/c13-12(14,15)9-3-8(2-1-7(9)4-16)17-10-5-21(19,20)6-11(10)18/h1-3,10-11,17-18H,5-6H2. The van der Waals surface area contributed by atoms with Crippen LogP contribution in [0.4, 0.5) is 18.9 Å². The molecule has 1 aliphatic heterocycles. The van der Waals surface area contributed by atoms with Gasteiger partial charge in [0.25, 0.3) is 0 Å². The summed E-state index contributed by atoms with van der Waals surface area (Å²) in [6.45, 7) is 0. The molecule has 1 saturated heterocycles. The number of halogens is 3. The second-order valence-corrected chi connectivity index (χ2v) is 6.92. The third-order valence-corrected chi connectivity index (χ3v) is 4.84. The predicted molar refractivity (Wildman–Crippen MR) is 68.2 cm³/mol. The summed E-state index contributed by atoms with van der Waals surface area (Å²) in [6.07, 6.45) is -5.87. The molecule has 0 spiro atoms. The van der Waals surface area contributed by atoms with Gasteiger partial charge in [0.2, 0.25) is 0 Å². The fourth-order valence-electron chi connectivity index (χ4n) is 2.15. The first-order valence-electron chi connectivity index (χ1n) is 5.89. The molecule has 0 aliphatic carbocycles. The Morgan fingerprint density at radius 1 is 1.33 bits per heavy atom. The summed E-state index contributed by atoms with van der Waals surface area (Å²) in [5.74, 6) is -0.775. The molecule has 0 saturated carbocycles. The molecule has 1 heterocycles. The lowest BCUT2D eigenvalue weighted by Gasteiger charge is -2.18. The lowest BCUT2D eigenvalue weighted by molar-refractivity contribution is -0.137. The van der Waals surface area contributed by atoms with E-state index in [9.17, 15) is 26.7 Å². The Bertz CT molecular complexity index is 695. The van der Waals surface area contributed by atoms with Gasteiger partial charge in [0, 0.05) is 5.69 Å². The minimum Gasteiger partial charge on any atom is -0.390 e. The lowest BCUT2D eigenvalue weighted by atomic mass is 10.1. The molecule has 114 valence electrons. The number of benzene rings is 1. The van der Waals surface area contributed by atoms with Gasteiger partial charge in [-0.3, -0.25) is 0 Å². The van der Waals surface area contributed by atoms with Gasteiger partial charge in [0.05, 0.1) is 40.8 Å². The van der Waals surface area contributed by atoms with Crippen LogP contribution in [0.3, 0.4) is 0 Å². The van der Waals surface area contributed by atoms with Gasteiger partial charge < -0.3 is 10.4 Å². The number of rotatable bonds is 2. The maximum atomic E-state index is 12.8. The third kappa shape index (κ3) is 3.46. The van der Waals surface area contributed by atoms with Gasteiger partial charge >= 0.3 is 6.18 Å². The van der Waals surface area contributed by atoms with Gasteiger partial charge in [0.1, 0.15) is 0 Å². The number of anilines is 1. The fourth-order valence-corrected chi connectivity index (χ4v) is 3.89. The fraction of sp³-hybridized carbons (Fsp3) is 0.417. The van der Waals surface area contributed by atoms with Crippen LogP contribution in [0.2, 0.25) is 0 Å². The van der Waals surface area contributed by atoms with Gasteiger partial charge in [-0.05, 0) is 18.2 Å². The molecule has 2 unspecified atom stereocenters. The highest BCUT2D eigenvalue weighted by molar-refractivity contribution is 7.91. The molecule has 21 heavy (non-hydrogen) atoms. The average Bonchev–Trinajstić information content (AvgIpc) is 2.61. The molecule has 0 aromatic heterocycles. The zero-order valence-corrected chi connectivity index (χ0v) is 11.4. The molecule has 0 radical (unpaired) electrons. The third-order valence-electron chi connectivity index (χ3n) is 3.12. The monoisotopic (exact) mass is 320 g/mol. The summed E-state index contributed by atoms with van der Waals surface area (Å²) in [6, 6.07) is 3.56. The minimum absolute atomic E-state index is 0.00229. The Balaban J connectivity index is 2.29. The summed E-state index contributed by atoms with van der Waals surface area (Å²) in [5.41, 5.74) is -1.62. The molecule has 9 heteroatoms. The number of alkyl halides is 3. The topological polar surface area (TPSA) is 90.2 Å². The summed E-state index contributed by atoms with van der Waals surface area (Å²) in [4.78, 5) is 0. The summed E-state index contributed by atoms with van der Waals surface area (Å²) in [7, 11) is -3.40. The van der Waals surface area contributed by atoms with Crippen molar-refractivity contribution in [3.63, 3.8) is 0 Å². The van der Waals surface area contributed by atoms with E-state index in [1.807, 2.05) is 0 Å². The Hall–Kier alpha value is -1.79. The Morgan fingerprint density at radius 3 is 2.48 bits per heavy atom. The second-order valence-electron chi connectivity index (χ2n) is 4.77. The Kier molecular flexibility index (Phi) is 3.86. The smallest absolute Gasteiger partial charge is 0.390 e. The van der Waals surface area contributed by atoms with E-state index in [2.05, 4.69) is 5.32 Å². The first kappa shape index (κ1) is 15.6. The van der Waals surface area contributed by atoms with Gasteiger partial charge in [-0.25, -0.2) is 8.42 Å². The first-order valence-corrected chi connectivity index (χ1v) is 7.71. The van der Waals surface area contributed by atoms with Crippen molar-refractivity contribution >= 4 is 15.5 Å². The highest BCUT2D eigenvalue weighted by Crippen LogP contribution is 2.34. The van der Waals surface area contributed by atoms with Crippen LogP contribution in [0.15, 0.2) is 18.2 Å². The number of nitrogens with one attached hydrogen (secondary N) is 1. The summed E-state index contributed by atoms with van der Waals surface area (Å²) >= 11 is 0. The van der Waals surface area contributed by atoms with Crippen molar-refractivity contribution in [1.29, 1.82) is 5.26 Å². The normalized spacial score (nSPS) is 24.5. The van der Waals surface area contributed by atoms with Crippen molar-refractivity contribution in [2.75, 3.05) is 16.8 Å². The molecule has 2 atom stereocenters. The van der Waals surface area contributed by atoms with Crippen LogP contribution in [-0.2, 0) is 16.0 Å². The predicted octanol–water partition coefficient (Wildman–Crippen LogP) is 1.15. The average molecular weight is 320 g/mol. The van der Waals surface area contributed by atoms with Crippen LogP contribution in [0.25, 0.3) is 0 Å². The van der Waals surface area contributed by atoms with Crippen molar-refractivity contribution in [3.8, 4) is 6.07 Å². The molecule has 2 N–H and O–H groups in total. The number of aliphatic hydroxyl groups excluding tert-OH is 1. The molecular formula is C12H11F3N2O3S. The number of nitrogens with zero attached hydrogens (tertiary/aromatic N) is 1. The maximum Gasteiger partial charge on any atom is 0.417 e. The minimum atomic E-state index is -4.69. The molecule has 0 bridgehead atoms.